The van der Waals surface area contributed by atoms with Crippen LogP contribution in [0.3, 0.4) is 0 Å². The van der Waals surface area contributed by atoms with E-state index in [9.17, 15) is 4.79 Å². The second-order valence-electron chi connectivity index (χ2n) is 5.59. The van der Waals surface area contributed by atoms with Crippen LogP contribution in [-0.2, 0) is 4.79 Å². The number of rotatable bonds is 5. The third kappa shape index (κ3) is 4.20. The minimum atomic E-state index is -0.00965. The monoisotopic (exact) mass is 327 g/mol. The summed E-state index contributed by atoms with van der Waals surface area (Å²) in [5.41, 5.74) is 0.775. The van der Waals surface area contributed by atoms with Crippen molar-refractivity contribution in [3.8, 4) is 5.75 Å². The van der Waals surface area contributed by atoms with Crippen LogP contribution in [0.15, 0.2) is 42.7 Å². The number of anilines is 2. The summed E-state index contributed by atoms with van der Waals surface area (Å²) in [4.78, 5) is 25.0. The van der Waals surface area contributed by atoms with E-state index in [1.165, 1.54) is 0 Å². The van der Waals surface area contributed by atoms with Crippen molar-refractivity contribution >= 4 is 17.5 Å². The molecule has 0 bridgehead atoms. The van der Waals surface area contributed by atoms with Crippen molar-refractivity contribution < 1.29 is 9.53 Å². The van der Waals surface area contributed by atoms with Gasteiger partial charge in [0.1, 0.15) is 5.75 Å². The first-order valence-electron chi connectivity index (χ1n) is 7.93. The Morgan fingerprint density at radius 2 is 1.79 bits per heavy atom. The number of nitrogens with one attached hydrogen (secondary N) is 1. The van der Waals surface area contributed by atoms with Crippen LogP contribution in [-0.4, -0.2) is 60.6 Å². The number of amides is 1. The van der Waals surface area contributed by atoms with Crippen molar-refractivity contribution in [2.24, 2.45) is 0 Å². The van der Waals surface area contributed by atoms with Gasteiger partial charge in [0, 0.05) is 44.3 Å². The highest BCUT2D eigenvalue weighted by molar-refractivity contribution is 5.92. The predicted octanol–water partition coefficient (Wildman–Crippen LogP) is 1.25. The molecule has 1 aromatic carbocycles. The Bertz CT molecular complexity index is 654. The number of piperazine rings is 1. The molecule has 0 aliphatic carbocycles. The van der Waals surface area contributed by atoms with Gasteiger partial charge in [-0.3, -0.25) is 9.69 Å². The standard InChI is InChI=1S/C17H21N5O2/c1-24-15-5-3-14(4-6-15)20-16(23)13-21-9-11-22(12-10-21)17-18-7-2-8-19-17/h2-8H,9-13H2,1H3,(H,20,23). The van der Waals surface area contributed by atoms with E-state index in [2.05, 4.69) is 25.1 Å². The fourth-order valence-corrected chi connectivity index (χ4v) is 2.64. The molecule has 1 fully saturated rings. The van der Waals surface area contributed by atoms with E-state index >= 15 is 0 Å². The van der Waals surface area contributed by atoms with E-state index < -0.39 is 0 Å². The minimum Gasteiger partial charge on any atom is -0.497 e. The lowest BCUT2D eigenvalue weighted by Crippen LogP contribution is -2.49. The first-order chi connectivity index (χ1) is 11.7. The van der Waals surface area contributed by atoms with Gasteiger partial charge in [-0.2, -0.15) is 0 Å². The molecular weight excluding hydrogens is 306 g/mol. The van der Waals surface area contributed by atoms with E-state index in [1.807, 2.05) is 30.3 Å². The SMILES string of the molecule is COc1ccc(NC(=O)CN2CCN(c3ncccn3)CC2)cc1. The second kappa shape index (κ2) is 7.74. The van der Waals surface area contributed by atoms with Gasteiger partial charge in [-0.25, -0.2) is 9.97 Å². The summed E-state index contributed by atoms with van der Waals surface area (Å²) >= 11 is 0. The normalized spacial score (nSPS) is 15.1. The first kappa shape index (κ1) is 16.2. The molecule has 1 amide bonds. The molecule has 0 saturated carbocycles. The van der Waals surface area contributed by atoms with Crippen LogP contribution in [0.5, 0.6) is 5.75 Å². The van der Waals surface area contributed by atoms with Crippen molar-refractivity contribution in [2.45, 2.75) is 0 Å². The van der Waals surface area contributed by atoms with Crippen LogP contribution in [0.2, 0.25) is 0 Å². The number of benzene rings is 1. The topological polar surface area (TPSA) is 70.6 Å². The minimum absolute atomic E-state index is 0.00965. The molecule has 0 unspecified atom stereocenters. The summed E-state index contributed by atoms with van der Waals surface area (Å²) in [6.45, 7) is 3.65. The van der Waals surface area contributed by atoms with Gasteiger partial charge >= 0.3 is 0 Å². The molecule has 2 aromatic rings. The number of carbonyl (C=O) groups excluding carboxylic acids is 1. The molecule has 0 radical (unpaired) electrons. The molecule has 24 heavy (non-hydrogen) atoms. The second-order valence-corrected chi connectivity index (χ2v) is 5.59. The van der Waals surface area contributed by atoms with E-state index in [-0.39, 0.29) is 5.91 Å². The molecule has 0 atom stereocenters. The Balaban J connectivity index is 1.46. The Morgan fingerprint density at radius 3 is 2.42 bits per heavy atom. The molecule has 1 N–H and O–H groups in total. The Labute approximate surface area is 141 Å². The number of hydrogen-bond acceptors (Lipinski definition) is 6. The van der Waals surface area contributed by atoms with Gasteiger partial charge in [0.25, 0.3) is 0 Å². The quantitative estimate of drug-likeness (QED) is 0.891. The maximum absolute atomic E-state index is 12.2. The van der Waals surface area contributed by atoms with Crippen molar-refractivity contribution in [3.05, 3.63) is 42.7 Å². The maximum Gasteiger partial charge on any atom is 0.238 e. The summed E-state index contributed by atoms with van der Waals surface area (Å²) < 4.78 is 5.11. The maximum atomic E-state index is 12.2. The number of aromatic nitrogens is 2. The Hall–Kier alpha value is -2.67. The lowest BCUT2D eigenvalue weighted by Gasteiger charge is -2.34. The largest absolute Gasteiger partial charge is 0.497 e. The van der Waals surface area contributed by atoms with Gasteiger partial charge in [0.15, 0.2) is 0 Å². The fourth-order valence-electron chi connectivity index (χ4n) is 2.64. The molecule has 1 saturated heterocycles. The Kier molecular flexibility index (Phi) is 5.22. The predicted molar refractivity (Wildman–Crippen MR) is 92.3 cm³/mol. The van der Waals surface area contributed by atoms with Crippen LogP contribution in [0, 0.1) is 0 Å². The third-order valence-electron chi connectivity index (χ3n) is 3.95. The number of nitrogens with zero attached hydrogens (tertiary/aromatic N) is 4. The zero-order chi connectivity index (χ0) is 16.8. The molecule has 7 nitrogen and oxygen atoms in total. The van der Waals surface area contributed by atoms with Crippen LogP contribution >= 0.6 is 0 Å². The van der Waals surface area contributed by atoms with Gasteiger partial charge in [-0.15, -0.1) is 0 Å². The van der Waals surface area contributed by atoms with E-state index in [4.69, 9.17) is 4.74 Å². The average Bonchev–Trinajstić information content (AvgIpc) is 2.64. The summed E-state index contributed by atoms with van der Waals surface area (Å²) in [5, 5.41) is 2.91. The molecule has 0 spiro atoms. The van der Waals surface area contributed by atoms with Gasteiger partial charge < -0.3 is 15.0 Å². The molecule has 1 aliphatic rings. The summed E-state index contributed by atoms with van der Waals surface area (Å²) in [5.74, 6) is 1.51. The first-order valence-corrected chi connectivity index (χ1v) is 7.93. The smallest absolute Gasteiger partial charge is 0.238 e. The molecular formula is C17H21N5O2. The van der Waals surface area contributed by atoms with Crippen molar-refractivity contribution in [1.29, 1.82) is 0 Å². The van der Waals surface area contributed by atoms with Gasteiger partial charge in [0.2, 0.25) is 11.9 Å². The lowest BCUT2D eigenvalue weighted by molar-refractivity contribution is -0.117. The van der Waals surface area contributed by atoms with Crippen molar-refractivity contribution in [1.82, 2.24) is 14.9 Å². The highest BCUT2D eigenvalue weighted by Crippen LogP contribution is 2.15. The highest BCUT2D eigenvalue weighted by Gasteiger charge is 2.20. The Morgan fingerprint density at radius 1 is 1.12 bits per heavy atom. The van der Waals surface area contributed by atoms with Crippen LogP contribution < -0.4 is 15.0 Å². The third-order valence-corrected chi connectivity index (χ3v) is 3.95. The van der Waals surface area contributed by atoms with Gasteiger partial charge in [-0.1, -0.05) is 0 Å². The van der Waals surface area contributed by atoms with E-state index in [1.54, 1.807) is 19.5 Å². The number of ether oxygens (including phenoxy) is 1. The van der Waals surface area contributed by atoms with Crippen LogP contribution in [0.25, 0.3) is 0 Å². The summed E-state index contributed by atoms with van der Waals surface area (Å²) in [6, 6.07) is 9.13. The molecule has 1 aromatic heterocycles. The average molecular weight is 327 g/mol. The van der Waals surface area contributed by atoms with Gasteiger partial charge in [0.05, 0.1) is 13.7 Å². The lowest BCUT2D eigenvalue weighted by atomic mass is 10.3. The van der Waals surface area contributed by atoms with E-state index in [0.29, 0.717) is 6.54 Å². The number of methoxy groups -OCH3 is 1. The fraction of sp³-hybridized carbons (Fsp3) is 0.353. The molecule has 7 heteroatoms. The summed E-state index contributed by atoms with van der Waals surface area (Å²) in [7, 11) is 1.62. The van der Waals surface area contributed by atoms with Crippen molar-refractivity contribution in [3.63, 3.8) is 0 Å². The molecule has 3 rings (SSSR count). The van der Waals surface area contributed by atoms with Gasteiger partial charge in [-0.05, 0) is 30.3 Å². The number of carbonyl (C=O) groups is 1. The van der Waals surface area contributed by atoms with Crippen molar-refractivity contribution in [2.75, 3.05) is 50.1 Å². The molecule has 1 aliphatic heterocycles. The summed E-state index contributed by atoms with van der Waals surface area (Å²) in [6.07, 6.45) is 3.49. The van der Waals surface area contributed by atoms with Crippen LogP contribution in [0.1, 0.15) is 0 Å². The molecule has 2 heterocycles. The molecule has 126 valence electrons. The van der Waals surface area contributed by atoms with E-state index in [0.717, 1.165) is 43.6 Å². The number of hydrogen-bond donors (Lipinski definition) is 1. The van der Waals surface area contributed by atoms with Crippen LogP contribution in [0.4, 0.5) is 11.6 Å². The zero-order valence-corrected chi connectivity index (χ0v) is 13.7. The highest BCUT2D eigenvalue weighted by atomic mass is 16.5. The zero-order valence-electron chi connectivity index (χ0n) is 13.7.